The van der Waals surface area contributed by atoms with Crippen LogP contribution in [0.5, 0.6) is 0 Å². The van der Waals surface area contributed by atoms with Crippen molar-refractivity contribution in [2.24, 2.45) is 5.92 Å². The molecule has 1 aliphatic carbocycles. The number of carbonyl (C=O) groups is 1. The van der Waals surface area contributed by atoms with Gasteiger partial charge in [-0.3, -0.25) is 4.79 Å². The third-order valence-electron chi connectivity index (χ3n) is 2.82. The van der Waals surface area contributed by atoms with Gasteiger partial charge in [0.15, 0.2) is 5.78 Å². The predicted octanol–water partition coefficient (Wildman–Crippen LogP) is 2.30. The maximum Gasteiger partial charge on any atom is 0.162 e. The van der Waals surface area contributed by atoms with Crippen molar-refractivity contribution in [1.82, 2.24) is 5.32 Å². The molecule has 0 spiro atoms. The zero-order chi connectivity index (χ0) is 10.4. The fraction of sp³-hybridized carbons (Fsp3) is 0.750. The summed E-state index contributed by atoms with van der Waals surface area (Å²) in [5, 5.41) is 3.06. The Morgan fingerprint density at radius 2 is 2.29 bits per heavy atom. The van der Waals surface area contributed by atoms with Crippen molar-refractivity contribution in [1.29, 1.82) is 0 Å². The minimum absolute atomic E-state index is 0.129. The lowest BCUT2D eigenvalue weighted by Gasteiger charge is -2.11. The number of ketones is 1. The number of hydrogen-bond acceptors (Lipinski definition) is 2. The summed E-state index contributed by atoms with van der Waals surface area (Å²) in [4.78, 5) is 11.9. The maximum atomic E-state index is 11.9. The molecule has 0 bridgehead atoms. The van der Waals surface area contributed by atoms with Gasteiger partial charge < -0.3 is 5.32 Å². The molecule has 0 aromatic carbocycles. The first-order valence-electron chi connectivity index (χ1n) is 5.63. The smallest absolute Gasteiger partial charge is 0.162 e. The standard InChI is InChI=1S/C12H21NO/c1-10(9-13-2)12(14)11-7-5-3-4-6-8-11/h7,10,13H,3-6,8-9H2,1-2H3. The number of hydrogen-bond donors (Lipinski definition) is 1. The van der Waals surface area contributed by atoms with Crippen LogP contribution in [-0.2, 0) is 4.79 Å². The zero-order valence-electron chi connectivity index (χ0n) is 9.31. The average molecular weight is 195 g/mol. The Kier molecular flexibility index (Phi) is 4.88. The summed E-state index contributed by atoms with van der Waals surface area (Å²) < 4.78 is 0. The lowest BCUT2D eigenvalue weighted by Crippen LogP contribution is -2.24. The normalized spacial score (nSPS) is 19.7. The summed E-state index contributed by atoms with van der Waals surface area (Å²) >= 11 is 0. The first-order valence-corrected chi connectivity index (χ1v) is 5.63. The molecule has 0 aliphatic heterocycles. The Morgan fingerprint density at radius 3 is 3.00 bits per heavy atom. The third-order valence-corrected chi connectivity index (χ3v) is 2.82. The van der Waals surface area contributed by atoms with Crippen molar-refractivity contribution in [2.75, 3.05) is 13.6 Å². The van der Waals surface area contributed by atoms with E-state index in [1.54, 1.807) is 0 Å². The van der Waals surface area contributed by atoms with E-state index in [9.17, 15) is 4.79 Å². The van der Waals surface area contributed by atoms with Crippen molar-refractivity contribution >= 4 is 5.78 Å². The molecule has 1 aliphatic rings. The van der Waals surface area contributed by atoms with Gasteiger partial charge in [0.2, 0.25) is 0 Å². The average Bonchev–Trinajstić information content (AvgIpc) is 2.45. The second kappa shape index (κ2) is 5.97. The summed E-state index contributed by atoms with van der Waals surface area (Å²) in [6.45, 7) is 2.79. The Morgan fingerprint density at radius 1 is 1.50 bits per heavy atom. The summed E-state index contributed by atoms with van der Waals surface area (Å²) in [6.07, 6.45) is 7.94. The molecule has 1 unspecified atom stereocenters. The van der Waals surface area contributed by atoms with Crippen molar-refractivity contribution < 1.29 is 4.79 Å². The highest BCUT2D eigenvalue weighted by Gasteiger charge is 2.17. The Hall–Kier alpha value is -0.630. The van der Waals surface area contributed by atoms with Crippen LogP contribution in [-0.4, -0.2) is 19.4 Å². The highest BCUT2D eigenvalue weighted by Crippen LogP contribution is 2.20. The van der Waals surface area contributed by atoms with Gasteiger partial charge in [-0.2, -0.15) is 0 Å². The van der Waals surface area contributed by atoms with E-state index in [0.29, 0.717) is 5.78 Å². The van der Waals surface area contributed by atoms with Crippen molar-refractivity contribution in [3.05, 3.63) is 11.6 Å². The topological polar surface area (TPSA) is 29.1 Å². The van der Waals surface area contributed by atoms with Crippen LogP contribution in [0, 0.1) is 5.92 Å². The minimum Gasteiger partial charge on any atom is -0.319 e. The van der Waals surface area contributed by atoms with Crippen molar-refractivity contribution in [3.63, 3.8) is 0 Å². The van der Waals surface area contributed by atoms with Crippen LogP contribution < -0.4 is 5.32 Å². The fourth-order valence-electron chi connectivity index (χ4n) is 1.95. The Labute approximate surface area is 86.8 Å². The van der Waals surface area contributed by atoms with Crippen LogP contribution in [0.3, 0.4) is 0 Å². The van der Waals surface area contributed by atoms with Crippen LogP contribution in [0.15, 0.2) is 11.6 Å². The molecular formula is C12H21NO. The molecule has 1 atom stereocenters. The molecule has 0 saturated carbocycles. The SMILES string of the molecule is CNCC(C)C(=O)C1=CCCCCC1. The molecule has 2 heteroatoms. The molecule has 0 radical (unpaired) electrons. The lowest BCUT2D eigenvalue weighted by atomic mass is 9.96. The quantitative estimate of drug-likeness (QED) is 0.745. The van der Waals surface area contributed by atoms with Gasteiger partial charge >= 0.3 is 0 Å². The van der Waals surface area contributed by atoms with Crippen LogP contribution in [0.1, 0.15) is 39.0 Å². The molecule has 2 nitrogen and oxygen atoms in total. The second-order valence-corrected chi connectivity index (χ2v) is 4.15. The van der Waals surface area contributed by atoms with E-state index in [1.165, 1.54) is 19.3 Å². The first-order chi connectivity index (χ1) is 6.75. The van der Waals surface area contributed by atoms with Crippen LogP contribution in [0.2, 0.25) is 0 Å². The highest BCUT2D eigenvalue weighted by molar-refractivity contribution is 5.97. The highest BCUT2D eigenvalue weighted by atomic mass is 16.1. The molecule has 0 saturated heterocycles. The molecule has 0 heterocycles. The predicted molar refractivity (Wildman–Crippen MR) is 59.3 cm³/mol. The Bertz CT molecular complexity index is 220. The molecule has 0 aromatic rings. The van der Waals surface area contributed by atoms with E-state index in [-0.39, 0.29) is 5.92 Å². The maximum absolute atomic E-state index is 11.9. The summed E-state index contributed by atoms with van der Waals surface area (Å²) in [6, 6.07) is 0. The Balaban J connectivity index is 2.53. The van der Waals surface area contributed by atoms with E-state index in [0.717, 1.165) is 25.0 Å². The molecule has 0 aromatic heterocycles. The fourth-order valence-corrected chi connectivity index (χ4v) is 1.95. The van der Waals surface area contributed by atoms with Gasteiger partial charge in [-0.15, -0.1) is 0 Å². The lowest BCUT2D eigenvalue weighted by molar-refractivity contribution is -0.118. The van der Waals surface area contributed by atoms with E-state index in [1.807, 2.05) is 14.0 Å². The van der Waals surface area contributed by atoms with Gasteiger partial charge in [-0.1, -0.05) is 19.4 Å². The van der Waals surface area contributed by atoms with Gasteiger partial charge in [-0.25, -0.2) is 0 Å². The van der Waals surface area contributed by atoms with Gasteiger partial charge in [0.25, 0.3) is 0 Å². The first kappa shape index (κ1) is 11.4. The molecular weight excluding hydrogens is 174 g/mol. The van der Waals surface area contributed by atoms with Crippen LogP contribution >= 0.6 is 0 Å². The third kappa shape index (κ3) is 3.26. The number of nitrogens with one attached hydrogen (secondary N) is 1. The second-order valence-electron chi connectivity index (χ2n) is 4.15. The molecule has 1 N–H and O–H groups in total. The molecule has 80 valence electrons. The van der Waals surface area contributed by atoms with E-state index in [4.69, 9.17) is 0 Å². The van der Waals surface area contributed by atoms with Crippen molar-refractivity contribution in [3.8, 4) is 0 Å². The number of Topliss-reactive ketones (excluding diaryl/α,β-unsaturated/α-hetero) is 1. The molecule has 0 fully saturated rings. The van der Waals surface area contributed by atoms with E-state index in [2.05, 4.69) is 11.4 Å². The molecule has 1 rings (SSSR count). The van der Waals surface area contributed by atoms with Gasteiger partial charge in [0.1, 0.15) is 0 Å². The summed E-state index contributed by atoms with van der Waals surface area (Å²) in [5.74, 6) is 0.477. The van der Waals surface area contributed by atoms with Crippen molar-refractivity contribution in [2.45, 2.75) is 39.0 Å². The van der Waals surface area contributed by atoms with Crippen LogP contribution in [0.25, 0.3) is 0 Å². The molecule has 0 amide bonds. The largest absolute Gasteiger partial charge is 0.319 e. The zero-order valence-corrected chi connectivity index (χ0v) is 9.31. The minimum atomic E-state index is 0.129. The van der Waals surface area contributed by atoms with Gasteiger partial charge in [-0.05, 0) is 38.3 Å². The van der Waals surface area contributed by atoms with E-state index >= 15 is 0 Å². The number of rotatable bonds is 4. The van der Waals surface area contributed by atoms with Gasteiger partial charge in [0, 0.05) is 12.5 Å². The summed E-state index contributed by atoms with van der Waals surface area (Å²) in [7, 11) is 1.89. The molecule has 14 heavy (non-hydrogen) atoms. The number of allylic oxidation sites excluding steroid dienone is 2. The van der Waals surface area contributed by atoms with Crippen LogP contribution in [0.4, 0.5) is 0 Å². The summed E-state index contributed by atoms with van der Waals surface area (Å²) in [5.41, 5.74) is 1.07. The number of carbonyl (C=O) groups excluding carboxylic acids is 1. The van der Waals surface area contributed by atoms with E-state index < -0.39 is 0 Å². The van der Waals surface area contributed by atoms with Gasteiger partial charge in [0.05, 0.1) is 0 Å². The monoisotopic (exact) mass is 195 g/mol.